The molecule has 2 heterocycles. The summed E-state index contributed by atoms with van der Waals surface area (Å²) in [5, 5.41) is 0.119. The van der Waals surface area contributed by atoms with Crippen LogP contribution in [0.3, 0.4) is 0 Å². The Balaban J connectivity index is 1.91. The Morgan fingerprint density at radius 1 is 1.40 bits per heavy atom. The maximum atomic E-state index is 12.5. The molecular formula is C14H24O5S. The number of rotatable bonds is 4. The van der Waals surface area contributed by atoms with Crippen molar-refractivity contribution < 1.29 is 23.2 Å². The lowest BCUT2D eigenvalue weighted by atomic mass is 9.86. The van der Waals surface area contributed by atoms with Gasteiger partial charge in [-0.15, -0.1) is 0 Å². The standard InChI is InChI=1S/C14H24O5S/c1-11(13(15)17-2)10-20(16)12-3-6-19-14(9-12)4-7-18-8-5-14/h11-12H,3-10H2,1-2H3. The molecule has 6 heteroatoms. The van der Waals surface area contributed by atoms with Crippen LogP contribution in [0.2, 0.25) is 0 Å². The van der Waals surface area contributed by atoms with Gasteiger partial charge in [-0.2, -0.15) is 0 Å². The highest BCUT2D eigenvalue weighted by Gasteiger charge is 2.41. The smallest absolute Gasteiger partial charge is 0.309 e. The van der Waals surface area contributed by atoms with Crippen LogP contribution in [0.1, 0.15) is 32.6 Å². The van der Waals surface area contributed by atoms with Crippen LogP contribution in [0.15, 0.2) is 0 Å². The van der Waals surface area contributed by atoms with Gasteiger partial charge in [-0.3, -0.25) is 9.00 Å². The second kappa shape index (κ2) is 7.00. The van der Waals surface area contributed by atoms with E-state index in [1.807, 2.05) is 0 Å². The Morgan fingerprint density at radius 3 is 2.75 bits per heavy atom. The van der Waals surface area contributed by atoms with Gasteiger partial charge >= 0.3 is 5.97 Å². The van der Waals surface area contributed by atoms with E-state index in [1.165, 1.54) is 7.11 Å². The van der Waals surface area contributed by atoms with Gasteiger partial charge in [0.25, 0.3) is 0 Å². The van der Waals surface area contributed by atoms with Crippen molar-refractivity contribution in [2.24, 2.45) is 5.92 Å². The Hall–Kier alpha value is -0.460. The highest BCUT2D eigenvalue weighted by molar-refractivity contribution is 7.85. The zero-order valence-electron chi connectivity index (χ0n) is 12.3. The first kappa shape index (κ1) is 15.9. The molecule has 2 fully saturated rings. The first-order valence-electron chi connectivity index (χ1n) is 7.23. The van der Waals surface area contributed by atoms with Crippen molar-refractivity contribution >= 4 is 16.8 Å². The minimum atomic E-state index is -1.01. The molecule has 0 N–H and O–H groups in total. The van der Waals surface area contributed by atoms with E-state index in [1.54, 1.807) is 6.92 Å². The van der Waals surface area contributed by atoms with E-state index in [0.29, 0.717) is 12.4 Å². The van der Waals surface area contributed by atoms with E-state index >= 15 is 0 Å². The number of carbonyl (C=O) groups excluding carboxylic acids is 1. The lowest BCUT2D eigenvalue weighted by Crippen LogP contribution is -2.47. The Morgan fingerprint density at radius 2 is 2.10 bits per heavy atom. The fraction of sp³-hybridized carbons (Fsp3) is 0.929. The van der Waals surface area contributed by atoms with E-state index in [9.17, 15) is 9.00 Å². The van der Waals surface area contributed by atoms with Crippen LogP contribution in [0.5, 0.6) is 0 Å². The SMILES string of the molecule is COC(=O)C(C)CS(=O)C1CCOC2(CCOCC2)C1. The third-order valence-corrected chi connectivity index (χ3v) is 6.22. The zero-order chi connectivity index (χ0) is 14.6. The summed E-state index contributed by atoms with van der Waals surface area (Å²) in [4.78, 5) is 11.4. The van der Waals surface area contributed by atoms with Crippen molar-refractivity contribution in [1.29, 1.82) is 0 Å². The number of methoxy groups -OCH3 is 1. The minimum absolute atomic E-state index is 0.119. The van der Waals surface area contributed by atoms with Crippen molar-refractivity contribution in [3.8, 4) is 0 Å². The summed E-state index contributed by atoms with van der Waals surface area (Å²) in [6.07, 6.45) is 3.39. The summed E-state index contributed by atoms with van der Waals surface area (Å²) >= 11 is 0. The number of carbonyl (C=O) groups is 1. The molecule has 2 aliphatic heterocycles. The molecule has 2 aliphatic rings. The average molecular weight is 304 g/mol. The first-order valence-corrected chi connectivity index (χ1v) is 8.61. The highest BCUT2D eigenvalue weighted by atomic mass is 32.2. The molecule has 0 bridgehead atoms. The minimum Gasteiger partial charge on any atom is -0.469 e. The lowest BCUT2D eigenvalue weighted by molar-refractivity contribution is -0.144. The van der Waals surface area contributed by atoms with Gasteiger partial charge in [0, 0.05) is 41.6 Å². The van der Waals surface area contributed by atoms with Gasteiger partial charge in [-0.1, -0.05) is 6.92 Å². The maximum absolute atomic E-state index is 12.5. The van der Waals surface area contributed by atoms with Crippen molar-refractivity contribution in [3.05, 3.63) is 0 Å². The third-order valence-electron chi connectivity index (χ3n) is 4.24. The largest absolute Gasteiger partial charge is 0.469 e. The van der Waals surface area contributed by atoms with Crippen molar-refractivity contribution in [2.75, 3.05) is 32.7 Å². The van der Waals surface area contributed by atoms with Crippen LogP contribution >= 0.6 is 0 Å². The third kappa shape index (κ3) is 3.80. The Bertz CT molecular complexity index is 359. The number of ether oxygens (including phenoxy) is 3. The predicted octanol–water partition coefficient (Wildman–Crippen LogP) is 1.27. The molecule has 0 radical (unpaired) electrons. The molecule has 0 saturated carbocycles. The van der Waals surface area contributed by atoms with E-state index in [0.717, 1.165) is 38.9 Å². The van der Waals surface area contributed by atoms with Crippen LogP contribution in [-0.4, -0.2) is 53.7 Å². The average Bonchev–Trinajstić information content (AvgIpc) is 2.47. The summed E-state index contributed by atoms with van der Waals surface area (Å²) in [5.41, 5.74) is -0.147. The molecule has 0 amide bonds. The molecule has 0 aromatic carbocycles. The van der Waals surface area contributed by atoms with Gasteiger partial charge < -0.3 is 14.2 Å². The first-order chi connectivity index (χ1) is 9.56. The van der Waals surface area contributed by atoms with Gasteiger partial charge in [0.05, 0.1) is 18.6 Å². The summed E-state index contributed by atoms with van der Waals surface area (Å²) < 4.78 is 28.5. The van der Waals surface area contributed by atoms with Gasteiger partial charge in [0.1, 0.15) is 0 Å². The van der Waals surface area contributed by atoms with E-state index in [2.05, 4.69) is 0 Å². The molecule has 0 aromatic heterocycles. The molecular weight excluding hydrogens is 280 g/mol. The predicted molar refractivity (Wildman–Crippen MR) is 75.9 cm³/mol. The molecule has 2 rings (SSSR count). The molecule has 20 heavy (non-hydrogen) atoms. The zero-order valence-corrected chi connectivity index (χ0v) is 13.1. The molecule has 116 valence electrons. The van der Waals surface area contributed by atoms with Crippen molar-refractivity contribution in [1.82, 2.24) is 0 Å². The van der Waals surface area contributed by atoms with Crippen LogP contribution < -0.4 is 0 Å². The number of hydrogen-bond acceptors (Lipinski definition) is 5. The van der Waals surface area contributed by atoms with Gasteiger partial charge in [0.2, 0.25) is 0 Å². The Labute approximate surface area is 122 Å². The van der Waals surface area contributed by atoms with E-state index in [4.69, 9.17) is 14.2 Å². The number of hydrogen-bond donors (Lipinski definition) is 0. The number of esters is 1. The topological polar surface area (TPSA) is 61.8 Å². The summed E-state index contributed by atoms with van der Waals surface area (Å²) in [7, 11) is 0.360. The fourth-order valence-electron chi connectivity index (χ4n) is 2.95. The summed E-state index contributed by atoms with van der Waals surface area (Å²) in [6.45, 7) is 3.87. The fourth-order valence-corrected chi connectivity index (χ4v) is 4.70. The molecule has 3 unspecified atom stereocenters. The second-order valence-corrected chi connectivity index (χ2v) is 7.49. The monoisotopic (exact) mass is 304 g/mol. The van der Waals surface area contributed by atoms with E-state index in [-0.39, 0.29) is 22.7 Å². The highest BCUT2D eigenvalue weighted by Crippen LogP contribution is 2.36. The van der Waals surface area contributed by atoms with Gasteiger partial charge in [-0.25, -0.2) is 0 Å². The molecule has 0 aromatic rings. The quantitative estimate of drug-likeness (QED) is 0.732. The summed E-state index contributed by atoms with van der Waals surface area (Å²) in [6, 6.07) is 0. The van der Waals surface area contributed by atoms with Gasteiger partial charge in [0.15, 0.2) is 0 Å². The summed E-state index contributed by atoms with van der Waals surface area (Å²) in [5.74, 6) is -0.218. The Kier molecular flexibility index (Phi) is 5.57. The molecule has 2 saturated heterocycles. The van der Waals surface area contributed by atoms with Crippen LogP contribution in [0.4, 0.5) is 0 Å². The normalized spacial score (nSPS) is 28.8. The van der Waals surface area contributed by atoms with Crippen molar-refractivity contribution in [2.45, 2.75) is 43.5 Å². The van der Waals surface area contributed by atoms with Crippen LogP contribution in [-0.2, 0) is 29.8 Å². The van der Waals surface area contributed by atoms with Crippen LogP contribution in [0.25, 0.3) is 0 Å². The second-order valence-electron chi connectivity index (χ2n) is 5.73. The maximum Gasteiger partial charge on any atom is 0.309 e. The van der Waals surface area contributed by atoms with Crippen molar-refractivity contribution in [3.63, 3.8) is 0 Å². The molecule has 5 nitrogen and oxygen atoms in total. The lowest BCUT2D eigenvalue weighted by Gasteiger charge is -2.43. The van der Waals surface area contributed by atoms with E-state index < -0.39 is 10.8 Å². The van der Waals surface area contributed by atoms with Crippen LogP contribution in [0, 0.1) is 5.92 Å². The van der Waals surface area contributed by atoms with Gasteiger partial charge in [-0.05, 0) is 25.7 Å². The molecule has 1 spiro atoms. The molecule has 3 atom stereocenters. The molecule has 0 aliphatic carbocycles.